The second-order valence-corrected chi connectivity index (χ2v) is 21.1. The molecule has 1 N–H and O–H groups in total. The quantitative estimate of drug-likeness (QED) is 0.0630. The third kappa shape index (κ3) is 9.08. The first-order valence-electron chi connectivity index (χ1n) is 19.4. The van der Waals surface area contributed by atoms with Crippen molar-refractivity contribution in [3.05, 3.63) is 71.6 Å². The number of rotatable bonds is 13. The van der Waals surface area contributed by atoms with E-state index in [0.29, 0.717) is 5.92 Å². The molecule has 0 spiro atoms. The van der Waals surface area contributed by atoms with Crippen LogP contribution >= 0.6 is 11.3 Å². The molecule has 2 aromatic heterocycles. The van der Waals surface area contributed by atoms with E-state index in [1.807, 2.05) is 33.9 Å². The van der Waals surface area contributed by atoms with Gasteiger partial charge in [0.2, 0.25) is 0 Å². The van der Waals surface area contributed by atoms with E-state index in [9.17, 15) is 9.90 Å². The van der Waals surface area contributed by atoms with Crippen LogP contribution in [0.3, 0.4) is 0 Å². The van der Waals surface area contributed by atoms with Gasteiger partial charge >= 0.3 is 0 Å². The number of hydrogen-bond donors (Lipinski definition) is 1. The summed E-state index contributed by atoms with van der Waals surface area (Å²) in [5.74, 6) is 1.01. The molecule has 0 bridgehead atoms. The van der Waals surface area contributed by atoms with Crippen LogP contribution in [0.4, 0.5) is 0 Å². The maximum absolute atomic E-state index is 11.7. The van der Waals surface area contributed by atoms with Crippen molar-refractivity contribution in [1.82, 2.24) is 4.98 Å². The van der Waals surface area contributed by atoms with Crippen molar-refractivity contribution in [2.45, 2.75) is 144 Å². The molecule has 0 unspecified atom stereocenters. The number of carbonyl (C=O) groups is 1. The van der Waals surface area contributed by atoms with Gasteiger partial charge in [-0.15, -0.1) is 29.1 Å². The smallest absolute Gasteiger partial charge is 0.162 e. The normalized spacial score (nSPS) is 14.4. The number of nitrogens with zero attached hydrogens (tertiary/aromatic N) is 1. The van der Waals surface area contributed by atoms with E-state index in [4.69, 9.17) is 4.98 Å². The van der Waals surface area contributed by atoms with Gasteiger partial charge in [0.15, 0.2) is 5.78 Å². The SMILES string of the molecule is CCC(CC)C(=O)/C=C(\O)C(CC)CC.CC[Si](CC)(c1sc2c(-c3[c-]c4ccccc4c(C(C)C)c3)nccc2c1C)C1CCCCC1.[Ir]. The van der Waals surface area contributed by atoms with Gasteiger partial charge in [0.1, 0.15) is 8.07 Å². The van der Waals surface area contributed by atoms with Gasteiger partial charge in [-0.2, -0.15) is 11.3 Å². The topological polar surface area (TPSA) is 50.2 Å². The Labute approximate surface area is 322 Å². The first-order chi connectivity index (χ1) is 23.6. The van der Waals surface area contributed by atoms with Crippen LogP contribution in [0, 0.1) is 24.8 Å². The number of carbonyl (C=O) groups excluding carboxylic acids is 1. The largest absolute Gasteiger partial charge is 0.512 e. The summed E-state index contributed by atoms with van der Waals surface area (Å²) in [6.07, 6.45) is 14.1. The van der Waals surface area contributed by atoms with E-state index < -0.39 is 8.07 Å². The van der Waals surface area contributed by atoms with E-state index in [0.717, 1.165) is 42.5 Å². The molecule has 2 heterocycles. The van der Waals surface area contributed by atoms with Crippen LogP contribution in [0.2, 0.25) is 17.6 Å². The average molecular weight is 889 g/mol. The molecule has 0 atom stereocenters. The Morgan fingerprint density at radius 2 is 1.56 bits per heavy atom. The third-order valence-electron chi connectivity index (χ3n) is 11.7. The average Bonchev–Trinajstić information content (AvgIpc) is 3.46. The van der Waals surface area contributed by atoms with Crippen molar-refractivity contribution in [3.8, 4) is 11.3 Å². The maximum Gasteiger partial charge on any atom is 0.162 e. The number of ketones is 1. The fraction of sp³-hybridized carbons (Fsp3) is 0.545. The number of aliphatic hydroxyl groups excluding tert-OH is 1. The van der Waals surface area contributed by atoms with E-state index in [1.54, 1.807) is 10.1 Å². The zero-order valence-corrected chi connectivity index (χ0v) is 36.5. The number of benzene rings is 2. The number of pyridine rings is 1. The molecule has 0 saturated heterocycles. The molecular formula is C44H62IrNO2SSi-. The van der Waals surface area contributed by atoms with E-state index in [2.05, 4.69) is 88.4 Å². The third-order valence-corrected chi connectivity index (χ3v) is 20.3. The van der Waals surface area contributed by atoms with Crippen LogP contribution in [0.5, 0.6) is 0 Å². The van der Waals surface area contributed by atoms with Crippen LogP contribution in [-0.2, 0) is 24.9 Å². The number of hydrogen-bond acceptors (Lipinski definition) is 4. The summed E-state index contributed by atoms with van der Waals surface area (Å²) in [5, 5.41) is 13.7. The number of allylic oxidation sites excluding steroid dienone is 2. The Kier molecular flexibility index (Phi) is 16.6. The second kappa shape index (κ2) is 19.6. The molecule has 50 heavy (non-hydrogen) atoms. The summed E-state index contributed by atoms with van der Waals surface area (Å²) in [7, 11) is -1.56. The Morgan fingerprint density at radius 3 is 2.14 bits per heavy atom. The fourth-order valence-corrected chi connectivity index (χ4v) is 17.1. The first-order valence-corrected chi connectivity index (χ1v) is 22.7. The summed E-state index contributed by atoms with van der Waals surface area (Å²) < 4.78 is 3.14. The predicted octanol–water partition coefficient (Wildman–Crippen LogP) is 13.2. The minimum absolute atomic E-state index is 0. The van der Waals surface area contributed by atoms with Crippen molar-refractivity contribution in [2.24, 2.45) is 11.8 Å². The van der Waals surface area contributed by atoms with Gasteiger partial charge in [-0.05, 0) is 65.6 Å². The standard InChI is InChI=1S/C31H38NSSi.C13H24O2.Ir/c1-6-34(7-2,25-14-9-8-10-15-25)31-22(5)26-17-18-32-29(30(26)33-31)24-19-23-13-11-12-16-27(23)28(20-24)21(3)4;1-5-10(6-2)12(14)9-13(15)11(7-3)8-4;/h11-13,16-18,20-21,25H,6-10,14-15H2,1-5H3;9-11,14H,5-8H2,1-4H3;/q-1;;/b;12-9-;. The molecule has 1 saturated carbocycles. The number of aromatic nitrogens is 1. The molecule has 1 radical (unpaired) electrons. The van der Waals surface area contributed by atoms with Crippen molar-refractivity contribution < 1.29 is 30.0 Å². The van der Waals surface area contributed by atoms with Crippen LogP contribution < -0.4 is 4.50 Å². The van der Waals surface area contributed by atoms with E-state index in [-0.39, 0.29) is 43.5 Å². The maximum atomic E-state index is 11.7. The summed E-state index contributed by atoms with van der Waals surface area (Å²) in [6.45, 7) is 20.0. The number of thiophene rings is 1. The fourth-order valence-electron chi connectivity index (χ4n) is 8.45. The van der Waals surface area contributed by atoms with Gasteiger partial charge in [-0.3, -0.25) is 9.78 Å². The van der Waals surface area contributed by atoms with Gasteiger partial charge < -0.3 is 5.11 Å². The minimum atomic E-state index is -1.56. The van der Waals surface area contributed by atoms with Gasteiger partial charge in [-0.25, -0.2) is 0 Å². The molecule has 1 fully saturated rings. The van der Waals surface area contributed by atoms with Crippen LogP contribution in [0.15, 0.2) is 54.4 Å². The Morgan fingerprint density at radius 1 is 0.940 bits per heavy atom. The van der Waals surface area contributed by atoms with Crippen molar-refractivity contribution >= 4 is 50.6 Å². The summed E-state index contributed by atoms with van der Waals surface area (Å²) in [6, 6.07) is 19.8. The molecule has 4 aromatic rings. The van der Waals surface area contributed by atoms with Crippen LogP contribution in [-0.4, -0.2) is 23.9 Å². The monoisotopic (exact) mass is 889 g/mol. The Balaban J connectivity index is 0.000000361. The zero-order chi connectivity index (χ0) is 35.7. The van der Waals surface area contributed by atoms with Crippen LogP contribution in [0.25, 0.3) is 32.1 Å². The summed E-state index contributed by atoms with van der Waals surface area (Å²) in [5.41, 5.74) is 6.17. The Hall–Kier alpha value is -2.11. The van der Waals surface area contributed by atoms with E-state index >= 15 is 0 Å². The predicted molar refractivity (Wildman–Crippen MR) is 217 cm³/mol. The molecule has 5 rings (SSSR count). The number of fused-ring (bicyclic) bond motifs is 2. The summed E-state index contributed by atoms with van der Waals surface area (Å²) >= 11 is 2.09. The van der Waals surface area contributed by atoms with Crippen molar-refractivity contribution in [2.75, 3.05) is 0 Å². The Bertz CT molecular complexity index is 1710. The minimum Gasteiger partial charge on any atom is -0.512 e. The van der Waals surface area contributed by atoms with E-state index in [1.165, 1.54) is 76.7 Å². The molecule has 1 aliphatic rings. The van der Waals surface area contributed by atoms with Gasteiger partial charge in [0.25, 0.3) is 0 Å². The molecular weight excluding hydrogens is 827 g/mol. The van der Waals surface area contributed by atoms with Gasteiger partial charge in [0, 0.05) is 54.6 Å². The molecule has 2 aromatic carbocycles. The molecule has 3 nitrogen and oxygen atoms in total. The second-order valence-electron chi connectivity index (χ2n) is 14.6. The van der Waals surface area contributed by atoms with Gasteiger partial charge in [-0.1, -0.05) is 129 Å². The molecule has 275 valence electrons. The molecule has 0 amide bonds. The number of aliphatic hydroxyl groups is 1. The van der Waals surface area contributed by atoms with Crippen molar-refractivity contribution in [3.63, 3.8) is 0 Å². The number of aryl methyl sites for hydroxylation is 1. The molecule has 0 aliphatic heterocycles. The van der Waals surface area contributed by atoms with Gasteiger partial charge in [0.05, 0.1) is 5.76 Å². The summed E-state index contributed by atoms with van der Waals surface area (Å²) in [4.78, 5) is 16.7. The zero-order valence-electron chi connectivity index (χ0n) is 32.3. The molecule has 1 aliphatic carbocycles. The first kappa shape index (κ1) is 42.3. The van der Waals surface area contributed by atoms with Crippen LogP contribution in [0.1, 0.15) is 130 Å². The molecule has 6 heteroatoms. The van der Waals surface area contributed by atoms with Crippen molar-refractivity contribution in [1.29, 1.82) is 0 Å².